The first-order valence-corrected chi connectivity index (χ1v) is 5.06. The van der Waals surface area contributed by atoms with Gasteiger partial charge in [0.2, 0.25) is 0 Å². The molecule has 1 aromatic carbocycles. The number of aliphatic hydroxyl groups excluding tert-OH is 1. The van der Waals surface area contributed by atoms with Gasteiger partial charge in [-0.1, -0.05) is 19.1 Å². The van der Waals surface area contributed by atoms with Gasteiger partial charge >= 0.3 is 5.97 Å². The SMILES string of the molecule is CC(CC(=O)O)C(O)c1ccccc1[N+](=O)[O-]. The standard InChI is InChI=1S/C11H13NO5/c1-7(6-10(13)14)11(15)8-4-2-3-5-9(8)12(16)17/h2-5,7,11,15H,6H2,1H3,(H,13,14). The second-order valence-corrected chi connectivity index (χ2v) is 3.84. The van der Waals surface area contributed by atoms with Crippen molar-refractivity contribution in [2.24, 2.45) is 5.92 Å². The highest BCUT2D eigenvalue weighted by molar-refractivity contribution is 5.67. The maximum absolute atomic E-state index is 10.7. The molecule has 0 aliphatic heterocycles. The number of nitro benzene ring substituents is 1. The zero-order valence-corrected chi connectivity index (χ0v) is 9.24. The Morgan fingerprint density at radius 2 is 2.06 bits per heavy atom. The number of carboxylic acids is 1. The predicted octanol–water partition coefficient (Wildman–Crippen LogP) is 1.74. The van der Waals surface area contributed by atoms with Crippen molar-refractivity contribution in [3.8, 4) is 0 Å². The Balaban J connectivity index is 2.99. The number of hydrogen-bond acceptors (Lipinski definition) is 4. The molecule has 0 aliphatic carbocycles. The van der Waals surface area contributed by atoms with E-state index in [2.05, 4.69) is 0 Å². The zero-order valence-electron chi connectivity index (χ0n) is 9.24. The fraction of sp³-hybridized carbons (Fsp3) is 0.364. The molecule has 17 heavy (non-hydrogen) atoms. The van der Waals surface area contributed by atoms with Crippen LogP contribution in [0.3, 0.4) is 0 Å². The molecular weight excluding hydrogens is 226 g/mol. The van der Waals surface area contributed by atoms with Gasteiger partial charge in [0.1, 0.15) is 0 Å². The Kier molecular flexibility index (Phi) is 4.17. The van der Waals surface area contributed by atoms with Crippen LogP contribution in [0, 0.1) is 16.0 Å². The summed E-state index contributed by atoms with van der Waals surface area (Å²) < 4.78 is 0. The van der Waals surface area contributed by atoms with Gasteiger partial charge in [0.25, 0.3) is 5.69 Å². The van der Waals surface area contributed by atoms with Crippen molar-refractivity contribution < 1.29 is 19.9 Å². The van der Waals surface area contributed by atoms with Crippen LogP contribution in [0.5, 0.6) is 0 Å². The quantitative estimate of drug-likeness (QED) is 0.602. The average molecular weight is 239 g/mol. The Bertz CT molecular complexity index is 432. The summed E-state index contributed by atoms with van der Waals surface area (Å²) in [7, 11) is 0. The van der Waals surface area contributed by atoms with Crippen molar-refractivity contribution in [2.45, 2.75) is 19.4 Å². The number of carboxylic acid groups (broad SMARTS) is 1. The molecule has 0 fully saturated rings. The number of nitrogens with zero attached hydrogens (tertiary/aromatic N) is 1. The molecule has 0 spiro atoms. The van der Waals surface area contributed by atoms with E-state index >= 15 is 0 Å². The smallest absolute Gasteiger partial charge is 0.303 e. The van der Waals surface area contributed by atoms with Crippen LogP contribution in [0.2, 0.25) is 0 Å². The molecule has 0 aromatic heterocycles. The molecule has 0 saturated carbocycles. The van der Waals surface area contributed by atoms with E-state index in [1.807, 2.05) is 0 Å². The van der Waals surface area contributed by atoms with Crippen LogP contribution in [0.25, 0.3) is 0 Å². The first kappa shape index (κ1) is 13.1. The van der Waals surface area contributed by atoms with Crippen molar-refractivity contribution in [1.29, 1.82) is 0 Å². The topological polar surface area (TPSA) is 101 Å². The number of rotatable bonds is 5. The van der Waals surface area contributed by atoms with Crippen LogP contribution >= 0.6 is 0 Å². The molecule has 0 amide bonds. The van der Waals surface area contributed by atoms with E-state index in [1.54, 1.807) is 6.07 Å². The number of hydrogen-bond donors (Lipinski definition) is 2. The first-order valence-electron chi connectivity index (χ1n) is 5.06. The summed E-state index contributed by atoms with van der Waals surface area (Å²) in [5.74, 6) is -1.64. The van der Waals surface area contributed by atoms with Crippen LogP contribution in [-0.2, 0) is 4.79 Å². The van der Waals surface area contributed by atoms with Crippen LogP contribution in [0.15, 0.2) is 24.3 Å². The highest BCUT2D eigenvalue weighted by Crippen LogP contribution is 2.30. The third kappa shape index (κ3) is 3.25. The molecule has 1 rings (SSSR count). The summed E-state index contributed by atoms with van der Waals surface area (Å²) in [6, 6.07) is 5.78. The molecule has 0 heterocycles. The summed E-state index contributed by atoms with van der Waals surface area (Å²) >= 11 is 0. The first-order chi connectivity index (χ1) is 7.93. The minimum atomic E-state index is -1.16. The lowest BCUT2D eigenvalue weighted by Gasteiger charge is -2.17. The molecular formula is C11H13NO5. The van der Waals surface area contributed by atoms with E-state index in [1.165, 1.54) is 25.1 Å². The fourth-order valence-corrected chi connectivity index (χ4v) is 1.60. The molecule has 2 unspecified atom stereocenters. The van der Waals surface area contributed by atoms with E-state index in [0.29, 0.717) is 0 Å². The maximum Gasteiger partial charge on any atom is 0.303 e. The van der Waals surface area contributed by atoms with Gasteiger partial charge in [-0.2, -0.15) is 0 Å². The average Bonchev–Trinajstić information content (AvgIpc) is 2.27. The highest BCUT2D eigenvalue weighted by atomic mass is 16.6. The second-order valence-electron chi connectivity index (χ2n) is 3.84. The third-order valence-electron chi connectivity index (χ3n) is 2.49. The molecule has 2 N–H and O–H groups in total. The third-order valence-corrected chi connectivity index (χ3v) is 2.49. The number of nitro groups is 1. The Morgan fingerprint density at radius 1 is 1.47 bits per heavy atom. The van der Waals surface area contributed by atoms with Gasteiger partial charge in [-0.3, -0.25) is 14.9 Å². The fourth-order valence-electron chi connectivity index (χ4n) is 1.60. The number of benzene rings is 1. The molecule has 0 radical (unpaired) electrons. The van der Waals surface area contributed by atoms with Gasteiger partial charge in [0, 0.05) is 6.07 Å². The van der Waals surface area contributed by atoms with Crippen molar-refractivity contribution in [3.63, 3.8) is 0 Å². The molecule has 0 bridgehead atoms. The number of para-hydroxylation sites is 1. The maximum atomic E-state index is 10.7. The van der Waals surface area contributed by atoms with Crippen molar-refractivity contribution in [3.05, 3.63) is 39.9 Å². The van der Waals surface area contributed by atoms with E-state index < -0.39 is 22.9 Å². The minimum absolute atomic E-state index is 0.145. The van der Waals surface area contributed by atoms with Crippen LogP contribution in [-0.4, -0.2) is 21.1 Å². The van der Waals surface area contributed by atoms with Gasteiger partial charge in [-0.05, 0) is 12.0 Å². The Hall–Kier alpha value is -1.95. The van der Waals surface area contributed by atoms with Gasteiger partial charge in [0.15, 0.2) is 0 Å². The van der Waals surface area contributed by atoms with Crippen LogP contribution < -0.4 is 0 Å². The Morgan fingerprint density at radius 3 is 2.59 bits per heavy atom. The number of carbonyl (C=O) groups is 1. The number of aliphatic hydroxyl groups is 1. The monoisotopic (exact) mass is 239 g/mol. The molecule has 2 atom stereocenters. The normalized spacial score (nSPS) is 14.0. The summed E-state index contributed by atoms with van der Waals surface area (Å²) in [4.78, 5) is 20.7. The lowest BCUT2D eigenvalue weighted by molar-refractivity contribution is -0.386. The zero-order chi connectivity index (χ0) is 13.0. The van der Waals surface area contributed by atoms with E-state index in [0.717, 1.165) is 0 Å². The van der Waals surface area contributed by atoms with Gasteiger partial charge in [-0.15, -0.1) is 0 Å². The van der Waals surface area contributed by atoms with Crippen molar-refractivity contribution in [1.82, 2.24) is 0 Å². The van der Waals surface area contributed by atoms with E-state index in [4.69, 9.17) is 5.11 Å². The minimum Gasteiger partial charge on any atom is -0.481 e. The summed E-state index contributed by atoms with van der Waals surface area (Å²) in [6.45, 7) is 1.54. The summed E-state index contributed by atoms with van der Waals surface area (Å²) in [6.07, 6.45) is -1.40. The Labute approximate surface area is 97.7 Å². The number of aliphatic carboxylic acids is 1. The van der Waals surface area contributed by atoms with E-state index in [-0.39, 0.29) is 17.7 Å². The van der Waals surface area contributed by atoms with Gasteiger partial charge < -0.3 is 10.2 Å². The molecule has 0 aliphatic rings. The van der Waals surface area contributed by atoms with Crippen molar-refractivity contribution in [2.75, 3.05) is 0 Å². The molecule has 6 nitrogen and oxygen atoms in total. The lowest BCUT2D eigenvalue weighted by Crippen LogP contribution is -2.14. The summed E-state index contributed by atoms with van der Waals surface area (Å²) in [5, 5.41) is 29.3. The highest BCUT2D eigenvalue weighted by Gasteiger charge is 2.25. The largest absolute Gasteiger partial charge is 0.481 e. The van der Waals surface area contributed by atoms with Crippen LogP contribution in [0.4, 0.5) is 5.69 Å². The van der Waals surface area contributed by atoms with Crippen molar-refractivity contribution >= 4 is 11.7 Å². The summed E-state index contributed by atoms with van der Waals surface area (Å²) in [5.41, 5.74) is -0.0523. The van der Waals surface area contributed by atoms with Crippen LogP contribution in [0.1, 0.15) is 25.0 Å². The lowest BCUT2D eigenvalue weighted by atomic mass is 9.93. The van der Waals surface area contributed by atoms with E-state index in [9.17, 15) is 20.0 Å². The molecule has 0 saturated heterocycles. The predicted molar refractivity (Wildman–Crippen MR) is 59.5 cm³/mol. The molecule has 1 aromatic rings. The second kappa shape index (κ2) is 5.40. The van der Waals surface area contributed by atoms with Gasteiger partial charge in [-0.25, -0.2) is 0 Å². The van der Waals surface area contributed by atoms with Gasteiger partial charge in [0.05, 0.1) is 23.0 Å². The molecule has 92 valence electrons. The molecule has 6 heteroatoms.